The molecule has 0 amide bonds. The second-order valence-corrected chi connectivity index (χ2v) is 8.19. The average Bonchev–Trinajstić information content (AvgIpc) is 3.35. The Bertz CT molecular complexity index is 1530. The Morgan fingerprint density at radius 1 is 0.811 bits per heavy atom. The molecular formula is C28H22F3N3O3. The average molecular weight is 505 g/mol. The summed E-state index contributed by atoms with van der Waals surface area (Å²) in [6, 6.07) is 22.6. The molecule has 0 fully saturated rings. The van der Waals surface area contributed by atoms with Gasteiger partial charge < -0.3 is 14.2 Å². The van der Waals surface area contributed by atoms with Gasteiger partial charge in [0.15, 0.2) is 22.8 Å². The second-order valence-electron chi connectivity index (χ2n) is 8.19. The largest absolute Gasteiger partial charge is 0.493 e. The van der Waals surface area contributed by atoms with E-state index < -0.39 is 11.9 Å². The third kappa shape index (κ3) is 4.93. The quantitative estimate of drug-likeness (QED) is 0.247. The lowest BCUT2D eigenvalue weighted by atomic mass is 10.1. The van der Waals surface area contributed by atoms with Crippen LogP contribution in [0.1, 0.15) is 11.3 Å². The van der Waals surface area contributed by atoms with Crippen molar-refractivity contribution in [1.82, 2.24) is 14.6 Å². The van der Waals surface area contributed by atoms with Crippen LogP contribution in [0.3, 0.4) is 0 Å². The van der Waals surface area contributed by atoms with Crippen LogP contribution in [0.4, 0.5) is 13.2 Å². The van der Waals surface area contributed by atoms with Gasteiger partial charge in [0.2, 0.25) is 0 Å². The van der Waals surface area contributed by atoms with Crippen molar-refractivity contribution in [2.45, 2.75) is 12.8 Å². The highest BCUT2D eigenvalue weighted by molar-refractivity contribution is 5.80. The fraction of sp³-hybridized carbons (Fsp3) is 0.143. The summed E-state index contributed by atoms with van der Waals surface area (Å²) in [4.78, 5) is 4.56. The first-order valence-corrected chi connectivity index (χ1v) is 11.3. The molecule has 3 aromatic carbocycles. The molecule has 188 valence electrons. The van der Waals surface area contributed by atoms with Gasteiger partial charge in [-0.1, -0.05) is 36.4 Å². The van der Waals surface area contributed by atoms with E-state index in [1.54, 1.807) is 42.5 Å². The lowest BCUT2D eigenvalue weighted by molar-refractivity contribution is -0.142. The van der Waals surface area contributed by atoms with Crippen molar-refractivity contribution in [3.8, 4) is 39.6 Å². The van der Waals surface area contributed by atoms with Crippen molar-refractivity contribution in [2.75, 3.05) is 14.2 Å². The van der Waals surface area contributed by atoms with Crippen LogP contribution in [0.25, 0.3) is 28.0 Å². The molecule has 6 nitrogen and oxygen atoms in total. The van der Waals surface area contributed by atoms with E-state index in [1.165, 1.54) is 20.4 Å². The standard InChI is InChI=1S/C28H22F3N3O3/c1-35-24-13-10-20(14-25(24)36-2)22-16-32-34-26(28(29,30)31)15-23(33-27(22)34)19-8-11-21(12-9-19)37-17-18-6-4-3-5-7-18/h3-16H,17H2,1-2H3. The zero-order valence-electron chi connectivity index (χ0n) is 20.0. The van der Waals surface area contributed by atoms with Gasteiger partial charge >= 0.3 is 6.18 Å². The molecule has 0 aliphatic carbocycles. The van der Waals surface area contributed by atoms with Crippen molar-refractivity contribution in [2.24, 2.45) is 0 Å². The van der Waals surface area contributed by atoms with Crippen molar-refractivity contribution >= 4 is 5.65 Å². The molecule has 5 aromatic rings. The highest BCUT2D eigenvalue weighted by atomic mass is 19.4. The Labute approximate surface area is 210 Å². The molecule has 37 heavy (non-hydrogen) atoms. The number of aromatic nitrogens is 3. The minimum atomic E-state index is -4.64. The summed E-state index contributed by atoms with van der Waals surface area (Å²) in [5.41, 5.74) is 1.85. The highest BCUT2D eigenvalue weighted by Crippen LogP contribution is 2.37. The van der Waals surface area contributed by atoms with Crippen LogP contribution in [0, 0.1) is 0 Å². The predicted molar refractivity (Wildman–Crippen MR) is 133 cm³/mol. The van der Waals surface area contributed by atoms with Crippen LogP contribution >= 0.6 is 0 Å². The van der Waals surface area contributed by atoms with Crippen LogP contribution in [-0.2, 0) is 12.8 Å². The lowest BCUT2D eigenvalue weighted by Crippen LogP contribution is -2.13. The molecule has 0 N–H and O–H groups in total. The molecule has 0 saturated carbocycles. The fourth-order valence-corrected chi connectivity index (χ4v) is 3.98. The molecule has 0 spiro atoms. The van der Waals surface area contributed by atoms with Gasteiger partial charge in [-0.25, -0.2) is 9.50 Å². The summed E-state index contributed by atoms with van der Waals surface area (Å²) in [6.07, 6.45) is -3.28. The number of hydrogen-bond acceptors (Lipinski definition) is 5. The molecule has 0 bridgehead atoms. The number of halogens is 3. The number of ether oxygens (including phenoxy) is 3. The summed E-state index contributed by atoms with van der Waals surface area (Å²) in [6.45, 7) is 0.382. The molecule has 0 saturated heterocycles. The summed E-state index contributed by atoms with van der Waals surface area (Å²) < 4.78 is 59.3. The third-order valence-electron chi connectivity index (χ3n) is 5.86. The zero-order chi connectivity index (χ0) is 26.0. The van der Waals surface area contributed by atoms with Crippen LogP contribution in [0.15, 0.2) is 85.1 Å². The highest BCUT2D eigenvalue weighted by Gasteiger charge is 2.35. The Kier molecular flexibility index (Phi) is 6.43. The Hall–Kier alpha value is -4.53. The first kappa shape index (κ1) is 24.2. The van der Waals surface area contributed by atoms with Gasteiger partial charge in [-0.3, -0.25) is 0 Å². The number of fused-ring (bicyclic) bond motifs is 1. The van der Waals surface area contributed by atoms with Crippen molar-refractivity contribution in [1.29, 1.82) is 0 Å². The van der Waals surface area contributed by atoms with E-state index in [1.807, 2.05) is 30.3 Å². The number of methoxy groups -OCH3 is 2. The summed E-state index contributed by atoms with van der Waals surface area (Å²) in [5.74, 6) is 1.54. The third-order valence-corrected chi connectivity index (χ3v) is 5.86. The molecule has 0 aliphatic heterocycles. The Balaban J connectivity index is 1.54. The Morgan fingerprint density at radius 2 is 1.51 bits per heavy atom. The molecular weight excluding hydrogens is 483 g/mol. The number of rotatable bonds is 7. The van der Waals surface area contributed by atoms with E-state index in [0.717, 1.165) is 16.1 Å². The maximum Gasteiger partial charge on any atom is 0.433 e. The number of nitrogens with zero attached hydrogens (tertiary/aromatic N) is 3. The lowest BCUT2D eigenvalue weighted by Gasteiger charge is -2.13. The minimum Gasteiger partial charge on any atom is -0.493 e. The molecule has 0 unspecified atom stereocenters. The molecule has 5 rings (SSSR count). The van der Waals surface area contributed by atoms with Gasteiger partial charge in [-0.15, -0.1) is 0 Å². The van der Waals surface area contributed by atoms with Crippen molar-refractivity contribution in [3.63, 3.8) is 0 Å². The molecule has 0 atom stereocenters. The number of hydrogen-bond donors (Lipinski definition) is 0. The van der Waals surface area contributed by atoms with E-state index in [2.05, 4.69) is 10.1 Å². The number of alkyl halides is 3. The fourth-order valence-electron chi connectivity index (χ4n) is 3.98. The maximum absolute atomic E-state index is 14.0. The second kappa shape index (κ2) is 9.85. The number of benzene rings is 3. The minimum absolute atomic E-state index is 0.0708. The van der Waals surface area contributed by atoms with Crippen molar-refractivity contribution in [3.05, 3.63) is 96.3 Å². The van der Waals surface area contributed by atoms with E-state index >= 15 is 0 Å². The first-order valence-electron chi connectivity index (χ1n) is 11.3. The van der Waals surface area contributed by atoms with E-state index in [-0.39, 0.29) is 11.3 Å². The maximum atomic E-state index is 14.0. The summed E-state index contributed by atoms with van der Waals surface area (Å²) >= 11 is 0. The van der Waals surface area contributed by atoms with Crippen LogP contribution in [0.2, 0.25) is 0 Å². The van der Waals surface area contributed by atoms with E-state index in [9.17, 15) is 13.2 Å². The van der Waals surface area contributed by atoms with Gasteiger partial charge in [0.1, 0.15) is 12.4 Å². The predicted octanol–water partition coefficient (Wildman–Crippen LogP) is 6.68. The van der Waals surface area contributed by atoms with Crippen LogP contribution in [0.5, 0.6) is 17.2 Å². The normalized spacial score (nSPS) is 11.5. The molecule has 9 heteroatoms. The topological polar surface area (TPSA) is 57.9 Å². The molecule has 2 heterocycles. The summed E-state index contributed by atoms with van der Waals surface area (Å²) in [5, 5.41) is 4.00. The molecule has 0 aliphatic rings. The van der Waals surface area contributed by atoms with E-state index in [0.29, 0.717) is 40.5 Å². The van der Waals surface area contributed by atoms with Gasteiger partial charge in [0.05, 0.1) is 26.1 Å². The SMILES string of the molecule is COc1ccc(-c2cnn3c(C(F)(F)F)cc(-c4ccc(OCc5ccccc5)cc4)nc23)cc1OC. The monoisotopic (exact) mass is 505 g/mol. The Morgan fingerprint density at radius 3 is 2.19 bits per heavy atom. The van der Waals surface area contributed by atoms with E-state index in [4.69, 9.17) is 14.2 Å². The van der Waals surface area contributed by atoms with Gasteiger partial charge in [0, 0.05) is 11.1 Å². The first-order chi connectivity index (χ1) is 17.9. The smallest absolute Gasteiger partial charge is 0.433 e. The summed E-state index contributed by atoms with van der Waals surface area (Å²) in [7, 11) is 3.00. The molecule has 2 aromatic heterocycles. The molecule has 0 radical (unpaired) electrons. The van der Waals surface area contributed by atoms with Crippen LogP contribution < -0.4 is 14.2 Å². The van der Waals surface area contributed by atoms with Crippen LogP contribution in [-0.4, -0.2) is 28.8 Å². The van der Waals surface area contributed by atoms with Gasteiger partial charge in [-0.2, -0.15) is 18.3 Å². The van der Waals surface area contributed by atoms with Gasteiger partial charge in [0.25, 0.3) is 0 Å². The zero-order valence-corrected chi connectivity index (χ0v) is 20.0. The van der Waals surface area contributed by atoms with Gasteiger partial charge in [-0.05, 0) is 53.6 Å². The van der Waals surface area contributed by atoms with Crippen molar-refractivity contribution < 1.29 is 27.4 Å².